The summed E-state index contributed by atoms with van der Waals surface area (Å²) in [5.74, 6) is 1.17. The molecule has 0 bridgehead atoms. The molecule has 0 fully saturated rings. The topological polar surface area (TPSA) is 17.8 Å². The lowest BCUT2D eigenvalue weighted by Gasteiger charge is -2.16. The van der Waals surface area contributed by atoms with Crippen LogP contribution in [0.3, 0.4) is 0 Å². The van der Waals surface area contributed by atoms with Crippen molar-refractivity contribution >= 4 is 0 Å². The minimum absolute atomic E-state index is 0.974. The number of aromatic nitrogens is 2. The molecular weight excluding hydrogens is 232 g/mol. The lowest BCUT2D eigenvalue weighted by molar-refractivity contribution is 0.623. The van der Waals surface area contributed by atoms with Gasteiger partial charge in [-0.3, -0.25) is 0 Å². The molecule has 1 aliphatic rings. The normalized spacial score (nSPS) is 14.5. The SMILES string of the molecule is Cc1ccc(C)c(Cn2c(C)nc3c2CCCC3)c1. The van der Waals surface area contributed by atoms with Crippen LogP contribution in [0, 0.1) is 20.8 Å². The highest BCUT2D eigenvalue weighted by Gasteiger charge is 2.18. The second-order valence-corrected chi connectivity index (χ2v) is 5.78. The quantitative estimate of drug-likeness (QED) is 0.798. The zero-order chi connectivity index (χ0) is 13.4. The summed E-state index contributed by atoms with van der Waals surface area (Å²) in [5.41, 5.74) is 6.96. The minimum Gasteiger partial charge on any atom is -0.328 e. The smallest absolute Gasteiger partial charge is 0.106 e. The van der Waals surface area contributed by atoms with Gasteiger partial charge in [0.2, 0.25) is 0 Å². The van der Waals surface area contributed by atoms with Gasteiger partial charge < -0.3 is 4.57 Å². The molecule has 0 aliphatic heterocycles. The summed E-state index contributed by atoms with van der Waals surface area (Å²) < 4.78 is 2.43. The van der Waals surface area contributed by atoms with E-state index in [-0.39, 0.29) is 0 Å². The Hall–Kier alpha value is -1.57. The number of aryl methyl sites for hydroxylation is 4. The molecule has 1 aliphatic carbocycles. The highest BCUT2D eigenvalue weighted by molar-refractivity contribution is 5.32. The van der Waals surface area contributed by atoms with E-state index in [9.17, 15) is 0 Å². The van der Waals surface area contributed by atoms with Crippen LogP contribution in [0.25, 0.3) is 0 Å². The second-order valence-electron chi connectivity index (χ2n) is 5.78. The second kappa shape index (κ2) is 4.84. The maximum atomic E-state index is 4.76. The third-order valence-corrected chi connectivity index (χ3v) is 4.26. The fourth-order valence-corrected chi connectivity index (χ4v) is 3.09. The molecule has 1 aromatic carbocycles. The van der Waals surface area contributed by atoms with Crippen LogP contribution in [0.1, 0.15) is 46.7 Å². The monoisotopic (exact) mass is 254 g/mol. The van der Waals surface area contributed by atoms with Crippen LogP contribution >= 0.6 is 0 Å². The van der Waals surface area contributed by atoms with Gasteiger partial charge in [0.05, 0.1) is 5.69 Å². The van der Waals surface area contributed by atoms with Crippen LogP contribution in [-0.2, 0) is 19.4 Å². The van der Waals surface area contributed by atoms with Gasteiger partial charge in [-0.05, 0) is 57.6 Å². The summed E-state index contributed by atoms with van der Waals surface area (Å²) in [6.45, 7) is 7.48. The third kappa shape index (κ3) is 2.32. The summed E-state index contributed by atoms with van der Waals surface area (Å²) in [6, 6.07) is 6.72. The van der Waals surface area contributed by atoms with Gasteiger partial charge in [-0.1, -0.05) is 23.8 Å². The van der Waals surface area contributed by atoms with Crippen LogP contribution in [0.4, 0.5) is 0 Å². The highest BCUT2D eigenvalue weighted by atomic mass is 15.1. The predicted octanol–water partition coefficient (Wildman–Crippen LogP) is 3.74. The fraction of sp³-hybridized carbons (Fsp3) is 0.471. The lowest BCUT2D eigenvalue weighted by Crippen LogP contribution is -2.11. The van der Waals surface area contributed by atoms with Crippen LogP contribution in [-0.4, -0.2) is 9.55 Å². The zero-order valence-electron chi connectivity index (χ0n) is 12.2. The van der Waals surface area contributed by atoms with Crippen molar-refractivity contribution in [1.29, 1.82) is 0 Å². The van der Waals surface area contributed by atoms with Crippen molar-refractivity contribution in [2.75, 3.05) is 0 Å². The lowest BCUT2D eigenvalue weighted by atomic mass is 10.0. The molecule has 0 radical (unpaired) electrons. The van der Waals surface area contributed by atoms with Crippen molar-refractivity contribution in [3.63, 3.8) is 0 Å². The Bertz CT molecular complexity index is 608. The molecule has 19 heavy (non-hydrogen) atoms. The molecule has 100 valence electrons. The van der Waals surface area contributed by atoms with Crippen LogP contribution in [0.2, 0.25) is 0 Å². The van der Waals surface area contributed by atoms with Crippen LogP contribution < -0.4 is 0 Å². The minimum atomic E-state index is 0.974. The van der Waals surface area contributed by atoms with Crippen molar-refractivity contribution in [1.82, 2.24) is 9.55 Å². The number of benzene rings is 1. The van der Waals surface area contributed by atoms with E-state index in [2.05, 4.69) is 43.5 Å². The number of nitrogens with zero attached hydrogens (tertiary/aromatic N) is 2. The van der Waals surface area contributed by atoms with Crippen molar-refractivity contribution in [2.24, 2.45) is 0 Å². The first kappa shape index (κ1) is 12.5. The number of imidazole rings is 1. The molecule has 0 N–H and O–H groups in total. The number of hydrogen-bond donors (Lipinski definition) is 0. The average Bonchev–Trinajstić information content (AvgIpc) is 2.71. The predicted molar refractivity (Wildman–Crippen MR) is 78.6 cm³/mol. The Kier molecular flexibility index (Phi) is 3.17. The van der Waals surface area contributed by atoms with E-state index in [1.165, 1.54) is 53.2 Å². The highest BCUT2D eigenvalue weighted by Crippen LogP contribution is 2.24. The van der Waals surface area contributed by atoms with Gasteiger partial charge in [0, 0.05) is 12.2 Å². The first-order chi connectivity index (χ1) is 9.15. The van der Waals surface area contributed by atoms with E-state index in [0.717, 1.165) is 13.0 Å². The molecule has 1 aromatic heterocycles. The Labute approximate surface area is 115 Å². The molecule has 0 amide bonds. The van der Waals surface area contributed by atoms with Crippen molar-refractivity contribution in [3.8, 4) is 0 Å². The van der Waals surface area contributed by atoms with Gasteiger partial charge in [0.1, 0.15) is 5.82 Å². The molecule has 0 saturated heterocycles. The van der Waals surface area contributed by atoms with Gasteiger partial charge in [-0.2, -0.15) is 0 Å². The van der Waals surface area contributed by atoms with Gasteiger partial charge >= 0.3 is 0 Å². The summed E-state index contributed by atoms with van der Waals surface area (Å²) in [7, 11) is 0. The molecule has 1 heterocycles. The maximum absolute atomic E-state index is 4.76. The largest absolute Gasteiger partial charge is 0.328 e. The third-order valence-electron chi connectivity index (χ3n) is 4.26. The van der Waals surface area contributed by atoms with E-state index in [0.29, 0.717) is 0 Å². The van der Waals surface area contributed by atoms with Crippen molar-refractivity contribution in [3.05, 3.63) is 52.1 Å². The number of hydrogen-bond acceptors (Lipinski definition) is 1. The van der Waals surface area contributed by atoms with Crippen molar-refractivity contribution < 1.29 is 0 Å². The van der Waals surface area contributed by atoms with E-state index >= 15 is 0 Å². The molecule has 2 nitrogen and oxygen atoms in total. The van der Waals surface area contributed by atoms with Gasteiger partial charge in [-0.25, -0.2) is 4.98 Å². The Morgan fingerprint density at radius 3 is 2.74 bits per heavy atom. The van der Waals surface area contributed by atoms with Crippen LogP contribution in [0.15, 0.2) is 18.2 Å². The van der Waals surface area contributed by atoms with E-state index in [1.54, 1.807) is 0 Å². The molecule has 3 rings (SSSR count). The number of fused-ring (bicyclic) bond motifs is 1. The summed E-state index contributed by atoms with van der Waals surface area (Å²) >= 11 is 0. The first-order valence-corrected chi connectivity index (χ1v) is 7.26. The summed E-state index contributed by atoms with van der Waals surface area (Å²) in [6.07, 6.45) is 4.97. The molecule has 0 atom stereocenters. The van der Waals surface area contributed by atoms with E-state index in [4.69, 9.17) is 4.98 Å². The van der Waals surface area contributed by atoms with Gasteiger partial charge in [0.15, 0.2) is 0 Å². The van der Waals surface area contributed by atoms with Crippen molar-refractivity contribution in [2.45, 2.75) is 53.0 Å². The fourth-order valence-electron chi connectivity index (χ4n) is 3.09. The number of rotatable bonds is 2. The molecule has 0 spiro atoms. The first-order valence-electron chi connectivity index (χ1n) is 7.26. The summed E-state index contributed by atoms with van der Waals surface area (Å²) in [5, 5.41) is 0. The summed E-state index contributed by atoms with van der Waals surface area (Å²) in [4.78, 5) is 4.76. The maximum Gasteiger partial charge on any atom is 0.106 e. The van der Waals surface area contributed by atoms with Gasteiger partial charge in [0.25, 0.3) is 0 Å². The van der Waals surface area contributed by atoms with Crippen LogP contribution in [0.5, 0.6) is 0 Å². The van der Waals surface area contributed by atoms with Gasteiger partial charge in [-0.15, -0.1) is 0 Å². The molecule has 0 saturated carbocycles. The Morgan fingerprint density at radius 1 is 1.11 bits per heavy atom. The molecule has 2 aromatic rings. The average molecular weight is 254 g/mol. The standard InChI is InChI=1S/C17H22N2/c1-12-8-9-13(2)15(10-12)11-19-14(3)18-16-6-4-5-7-17(16)19/h8-10H,4-7,11H2,1-3H3. The zero-order valence-corrected chi connectivity index (χ0v) is 12.2. The van der Waals surface area contributed by atoms with E-state index in [1.807, 2.05) is 0 Å². The van der Waals surface area contributed by atoms with E-state index < -0.39 is 0 Å². The Balaban J connectivity index is 1.99. The molecule has 0 unspecified atom stereocenters. The molecular formula is C17H22N2. The Morgan fingerprint density at radius 2 is 1.89 bits per heavy atom. The molecule has 2 heteroatoms.